The lowest BCUT2D eigenvalue weighted by molar-refractivity contribution is -0.125. The molecule has 5 heteroatoms. The van der Waals surface area contributed by atoms with Crippen LogP contribution in [0.3, 0.4) is 0 Å². The summed E-state index contributed by atoms with van der Waals surface area (Å²) in [4.78, 5) is 24.7. The molecule has 0 aromatic carbocycles. The molecule has 1 aliphatic rings. The number of piperidine rings is 1. The van der Waals surface area contributed by atoms with E-state index in [1.54, 1.807) is 4.90 Å². The Bertz CT molecular complexity index is 283. The number of Topliss-reactive ketones (excluding diaryl/α,β-unsaturated/α-hetero) is 1. The fourth-order valence-electron chi connectivity index (χ4n) is 1.61. The van der Waals surface area contributed by atoms with Gasteiger partial charge in [-0.3, -0.25) is 4.79 Å². The summed E-state index contributed by atoms with van der Waals surface area (Å²) in [6.45, 7) is 6.56. The van der Waals surface area contributed by atoms with Crippen LogP contribution in [0, 0.1) is 5.92 Å². The third-order valence-corrected chi connectivity index (χ3v) is 2.46. The van der Waals surface area contributed by atoms with Crippen LogP contribution in [0.5, 0.6) is 0 Å². The molecule has 1 amide bonds. The summed E-state index contributed by atoms with van der Waals surface area (Å²) in [6.07, 6.45) is 0.0136. The highest BCUT2D eigenvalue weighted by atomic mass is 16.6. The third-order valence-electron chi connectivity index (χ3n) is 2.46. The van der Waals surface area contributed by atoms with E-state index in [4.69, 9.17) is 10.5 Å². The number of hydrogen-bond acceptors (Lipinski definition) is 4. The Morgan fingerprint density at radius 3 is 2.69 bits per heavy atom. The maximum atomic E-state index is 11.7. The van der Waals surface area contributed by atoms with Crippen molar-refractivity contribution in [1.29, 1.82) is 0 Å². The lowest BCUT2D eigenvalue weighted by Crippen LogP contribution is -2.48. The molecule has 1 atom stereocenters. The van der Waals surface area contributed by atoms with Crippen molar-refractivity contribution in [2.75, 3.05) is 19.6 Å². The van der Waals surface area contributed by atoms with Gasteiger partial charge < -0.3 is 15.4 Å². The molecule has 1 aliphatic heterocycles. The van der Waals surface area contributed by atoms with E-state index < -0.39 is 5.60 Å². The minimum absolute atomic E-state index is 0.141. The molecule has 1 rings (SSSR count). The molecule has 1 saturated heterocycles. The van der Waals surface area contributed by atoms with Gasteiger partial charge in [0.2, 0.25) is 0 Å². The third kappa shape index (κ3) is 3.48. The first-order valence-corrected chi connectivity index (χ1v) is 5.54. The monoisotopic (exact) mass is 228 g/mol. The molecule has 0 aliphatic carbocycles. The van der Waals surface area contributed by atoms with E-state index in [0.29, 0.717) is 19.5 Å². The topological polar surface area (TPSA) is 72.6 Å². The van der Waals surface area contributed by atoms with Crippen molar-refractivity contribution in [2.24, 2.45) is 11.7 Å². The number of nitrogens with zero attached hydrogens (tertiary/aromatic N) is 1. The molecule has 92 valence electrons. The number of hydrogen-bond donors (Lipinski definition) is 1. The van der Waals surface area contributed by atoms with Gasteiger partial charge in [0.05, 0.1) is 0 Å². The Balaban J connectivity index is 2.55. The highest BCUT2D eigenvalue weighted by Gasteiger charge is 2.31. The average molecular weight is 228 g/mol. The van der Waals surface area contributed by atoms with Gasteiger partial charge in [0, 0.05) is 32.0 Å². The molecule has 5 nitrogen and oxygen atoms in total. The molecule has 0 saturated carbocycles. The molecule has 1 fully saturated rings. The van der Waals surface area contributed by atoms with Crippen LogP contribution in [-0.2, 0) is 9.53 Å². The first-order chi connectivity index (χ1) is 7.33. The number of carbonyl (C=O) groups is 2. The average Bonchev–Trinajstić information content (AvgIpc) is 2.15. The first-order valence-electron chi connectivity index (χ1n) is 5.54. The fraction of sp³-hybridized carbons (Fsp3) is 0.818. The van der Waals surface area contributed by atoms with Crippen molar-refractivity contribution >= 4 is 11.9 Å². The quantitative estimate of drug-likeness (QED) is 0.719. The van der Waals surface area contributed by atoms with E-state index in [9.17, 15) is 9.59 Å². The van der Waals surface area contributed by atoms with Gasteiger partial charge in [-0.15, -0.1) is 0 Å². The van der Waals surface area contributed by atoms with Gasteiger partial charge >= 0.3 is 6.09 Å². The Hall–Kier alpha value is -1.10. The molecule has 0 aromatic heterocycles. The molecule has 1 heterocycles. The van der Waals surface area contributed by atoms with Crippen LogP contribution in [0.2, 0.25) is 0 Å². The van der Waals surface area contributed by atoms with Crippen LogP contribution >= 0.6 is 0 Å². The van der Waals surface area contributed by atoms with E-state index in [1.165, 1.54) is 0 Å². The SMILES string of the molecule is CC(C)(C)OC(=O)N1CCC(=O)C(CN)C1. The van der Waals surface area contributed by atoms with Gasteiger partial charge in [-0.25, -0.2) is 4.79 Å². The lowest BCUT2D eigenvalue weighted by atomic mass is 9.97. The first kappa shape index (κ1) is 13.0. The Labute approximate surface area is 95.9 Å². The second-order valence-electron chi connectivity index (χ2n) is 5.08. The highest BCUT2D eigenvalue weighted by molar-refractivity contribution is 5.84. The molecule has 16 heavy (non-hydrogen) atoms. The van der Waals surface area contributed by atoms with Crippen molar-refractivity contribution in [1.82, 2.24) is 4.90 Å². The second kappa shape index (κ2) is 4.82. The van der Waals surface area contributed by atoms with Crippen molar-refractivity contribution in [3.63, 3.8) is 0 Å². The van der Waals surface area contributed by atoms with Gasteiger partial charge in [0.25, 0.3) is 0 Å². The molecule has 1 unspecified atom stereocenters. The number of rotatable bonds is 1. The Morgan fingerprint density at radius 2 is 2.19 bits per heavy atom. The molecule has 0 bridgehead atoms. The number of likely N-dealkylation sites (tertiary alicyclic amines) is 1. The van der Waals surface area contributed by atoms with E-state index in [2.05, 4.69) is 0 Å². The number of carbonyl (C=O) groups excluding carboxylic acids is 2. The summed E-state index contributed by atoms with van der Waals surface area (Å²) in [5.74, 6) is -0.0939. The Kier molecular flexibility index (Phi) is 3.91. The van der Waals surface area contributed by atoms with Gasteiger partial charge in [-0.05, 0) is 20.8 Å². The molecule has 2 N–H and O–H groups in total. The standard InChI is InChI=1S/C11H20N2O3/c1-11(2,3)16-10(15)13-5-4-9(14)8(6-12)7-13/h8H,4-7,12H2,1-3H3. The fourth-order valence-corrected chi connectivity index (χ4v) is 1.61. The summed E-state index contributed by atoms with van der Waals surface area (Å²) < 4.78 is 5.24. The van der Waals surface area contributed by atoms with Crippen molar-refractivity contribution in [2.45, 2.75) is 32.8 Å². The van der Waals surface area contributed by atoms with Crippen LogP contribution in [0.4, 0.5) is 4.79 Å². The number of ether oxygens (including phenoxy) is 1. The largest absolute Gasteiger partial charge is 0.444 e. The van der Waals surface area contributed by atoms with Crippen LogP contribution in [0.1, 0.15) is 27.2 Å². The predicted octanol–water partition coefficient (Wildman–Crippen LogP) is 0.771. The highest BCUT2D eigenvalue weighted by Crippen LogP contribution is 2.16. The zero-order valence-corrected chi connectivity index (χ0v) is 10.2. The van der Waals surface area contributed by atoms with E-state index in [0.717, 1.165) is 0 Å². The molecule has 0 spiro atoms. The maximum Gasteiger partial charge on any atom is 0.410 e. The van der Waals surface area contributed by atoms with Crippen molar-refractivity contribution < 1.29 is 14.3 Å². The smallest absolute Gasteiger partial charge is 0.410 e. The van der Waals surface area contributed by atoms with E-state index in [1.807, 2.05) is 20.8 Å². The van der Waals surface area contributed by atoms with Crippen LogP contribution in [-0.4, -0.2) is 42.0 Å². The number of amides is 1. The zero-order valence-electron chi connectivity index (χ0n) is 10.2. The maximum absolute atomic E-state index is 11.7. The summed E-state index contributed by atoms with van der Waals surface area (Å²) in [5, 5.41) is 0. The van der Waals surface area contributed by atoms with Crippen LogP contribution in [0.15, 0.2) is 0 Å². The minimum Gasteiger partial charge on any atom is -0.444 e. The van der Waals surface area contributed by atoms with E-state index in [-0.39, 0.29) is 24.3 Å². The zero-order chi connectivity index (χ0) is 12.3. The van der Waals surface area contributed by atoms with E-state index >= 15 is 0 Å². The molecular weight excluding hydrogens is 208 g/mol. The van der Waals surface area contributed by atoms with Crippen molar-refractivity contribution in [3.05, 3.63) is 0 Å². The summed E-state index contributed by atoms with van der Waals surface area (Å²) >= 11 is 0. The van der Waals surface area contributed by atoms with Gasteiger partial charge in [-0.2, -0.15) is 0 Å². The normalized spacial score (nSPS) is 22.1. The summed E-state index contributed by atoms with van der Waals surface area (Å²) in [6, 6.07) is 0. The van der Waals surface area contributed by atoms with Crippen LogP contribution < -0.4 is 5.73 Å². The molecule has 0 radical (unpaired) electrons. The molecular formula is C11H20N2O3. The molecule has 0 aromatic rings. The van der Waals surface area contributed by atoms with Gasteiger partial charge in [0.1, 0.15) is 11.4 Å². The van der Waals surface area contributed by atoms with Crippen LogP contribution in [0.25, 0.3) is 0 Å². The van der Waals surface area contributed by atoms with Crippen molar-refractivity contribution in [3.8, 4) is 0 Å². The minimum atomic E-state index is -0.503. The van der Waals surface area contributed by atoms with Gasteiger partial charge in [0.15, 0.2) is 0 Å². The lowest BCUT2D eigenvalue weighted by Gasteiger charge is -2.32. The summed E-state index contributed by atoms with van der Waals surface area (Å²) in [7, 11) is 0. The number of ketones is 1. The number of nitrogens with two attached hydrogens (primary N) is 1. The van der Waals surface area contributed by atoms with Gasteiger partial charge in [-0.1, -0.05) is 0 Å². The summed E-state index contributed by atoms with van der Waals surface area (Å²) in [5.41, 5.74) is 4.98. The second-order valence-corrected chi connectivity index (χ2v) is 5.08. The predicted molar refractivity (Wildman–Crippen MR) is 60.0 cm³/mol. The Morgan fingerprint density at radius 1 is 1.56 bits per heavy atom.